The third-order valence-electron chi connectivity index (χ3n) is 6.23. The van der Waals surface area contributed by atoms with Crippen molar-refractivity contribution in [2.24, 2.45) is 0 Å². The smallest absolute Gasteiger partial charge is 0.257 e. The lowest BCUT2D eigenvalue weighted by atomic mass is 9.94. The number of hydrogen-bond acceptors (Lipinski definition) is 2. The van der Waals surface area contributed by atoms with Crippen LogP contribution in [-0.2, 0) is 6.54 Å². The maximum absolute atomic E-state index is 13.9. The van der Waals surface area contributed by atoms with E-state index in [4.69, 9.17) is 0 Å². The molecule has 1 heterocycles. The lowest BCUT2D eigenvalue weighted by Gasteiger charge is -2.19. The van der Waals surface area contributed by atoms with Gasteiger partial charge in [-0.05, 0) is 74.1 Å². The molecule has 37 heavy (non-hydrogen) atoms. The molecule has 1 atom stereocenters. The SMILES string of the molecule is C=CCC(O)CCn1c(-c2ccc(F)cc2)c(-c2ccccc2)c(C(=O)N/C(C)=C/C=C\C)c1C(C)C. The standard InChI is InChI=1S/C32H37FN2O2/c1-6-8-13-23(5)34-32(37)29-28(24-14-10-9-11-15-24)31(25-16-18-26(33)19-17-25)35(30(29)22(3)4)21-20-27(36)12-7-2/h6-11,13-19,22,27,36H,2,12,20-21H2,1,3-5H3,(H,34,37)/b8-6-,23-13+. The molecular weight excluding hydrogens is 463 g/mol. The fourth-order valence-corrected chi connectivity index (χ4v) is 4.61. The van der Waals surface area contributed by atoms with Crippen molar-refractivity contribution in [3.63, 3.8) is 0 Å². The Bertz CT molecular complexity index is 1270. The third kappa shape index (κ3) is 6.75. The molecule has 3 aromatic rings. The Morgan fingerprint density at radius 2 is 1.78 bits per heavy atom. The Hall–Kier alpha value is -3.70. The lowest BCUT2D eigenvalue weighted by Crippen LogP contribution is -2.24. The quantitative estimate of drug-likeness (QED) is 0.210. The van der Waals surface area contributed by atoms with Crippen LogP contribution in [0, 0.1) is 5.82 Å². The van der Waals surface area contributed by atoms with Crippen molar-refractivity contribution < 1.29 is 14.3 Å². The molecule has 0 saturated carbocycles. The van der Waals surface area contributed by atoms with Gasteiger partial charge in [-0.15, -0.1) is 6.58 Å². The summed E-state index contributed by atoms with van der Waals surface area (Å²) in [7, 11) is 0. The number of nitrogens with one attached hydrogen (secondary N) is 1. The van der Waals surface area contributed by atoms with E-state index >= 15 is 0 Å². The highest BCUT2D eigenvalue weighted by molar-refractivity contribution is 6.07. The summed E-state index contributed by atoms with van der Waals surface area (Å²) in [6.45, 7) is 12.1. The number of carbonyl (C=O) groups excluding carboxylic acids is 1. The van der Waals surface area contributed by atoms with Crippen LogP contribution in [0.5, 0.6) is 0 Å². The number of halogens is 1. The molecule has 0 bridgehead atoms. The van der Waals surface area contributed by atoms with Gasteiger partial charge in [0.2, 0.25) is 0 Å². The van der Waals surface area contributed by atoms with Crippen LogP contribution in [0.4, 0.5) is 4.39 Å². The van der Waals surface area contributed by atoms with Crippen molar-refractivity contribution in [1.82, 2.24) is 9.88 Å². The van der Waals surface area contributed by atoms with Crippen molar-refractivity contribution >= 4 is 5.91 Å². The highest BCUT2D eigenvalue weighted by atomic mass is 19.1. The number of aromatic nitrogens is 1. The fourth-order valence-electron chi connectivity index (χ4n) is 4.61. The first kappa shape index (κ1) is 27.9. The van der Waals surface area contributed by atoms with Gasteiger partial charge in [-0.2, -0.15) is 0 Å². The molecule has 2 N–H and O–H groups in total. The molecule has 5 heteroatoms. The first-order valence-electron chi connectivity index (χ1n) is 12.8. The molecule has 0 aliphatic carbocycles. The van der Waals surface area contributed by atoms with Crippen molar-refractivity contribution in [3.05, 3.63) is 108 Å². The largest absolute Gasteiger partial charge is 0.393 e. The summed E-state index contributed by atoms with van der Waals surface area (Å²) in [5.74, 6) is -0.514. The van der Waals surface area contributed by atoms with Gasteiger partial charge in [-0.3, -0.25) is 4.79 Å². The Morgan fingerprint density at radius 1 is 1.11 bits per heavy atom. The van der Waals surface area contributed by atoms with Gasteiger partial charge in [-0.25, -0.2) is 4.39 Å². The summed E-state index contributed by atoms with van der Waals surface area (Å²) in [6.07, 6.45) is 7.78. The van der Waals surface area contributed by atoms with Gasteiger partial charge < -0.3 is 15.0 Å². The molecule has 1 amide bonds. The molecule has 0 aliphatic heterocycles. The normalized spacial score (nSPS) is 12.8. The Morgan fingerprint density at radius 3 is 2.38 bits per heavy atom. The van der Waals surface area contributed by atoms with Crippen LogP contribution in [-0.4, -0.2) is 21.7 Å². The average molecular weight is 501 g/mol. The van der Waals surface area contributed by atoms with Gasteiger partial charge in [0.1, 0.15) is 5.82 Å². The van der Waals surface area contributed by atoms with Gasteiger partial charge in [0.25, 0.3) is 5.91 Å². The number of hydrogen-bond donors (Lipinski definition) is 2. The first-order chi connectivity index (χ1) is 17.8. The molecule has 2 aromatic carbocycles. The number of aliphatic hydroxyl groups excluding tert-OH is 1. The molecule has 0 aliphatic rings. The summed E-state index contributed by atoms with van der Waals surface area (Å²) in [5.41, 5.74) is 5.53. The van der Waals surface area contributed by atoms with Gasteiger partial charge in [0.15, 0.2) is 0 Å². The van der Waals surface area contributed by atoms with E-state index in [2.05, 4.69) is 30.3 Å². The van der Waals surface area contributed by atoms with Gasteiger partial charge in [-0.1, -0.05) is 62.4 Å². The second kappa shape index (κ2) is 13.0. The summed E-state index contributed by atoms with van der Waals surface area (Å²) in [6, 6.07) is 16.2. The summed E-state index contributed by atoms with van der Waals surface area (Å²) >= 11 is 0. The van der Waals surface area contributed by atoms with E-state index in [1.165, 1.54) is 12.1 Å². The highest BCUT2D eigenvalue weighted by Crippen LogP contribution is 2.42. The zero-order valence-electron chi connectivity index (χ0n) is 22.2. The average Bonchev–Trinajstić information content (AvgIpc) is 3.23. The van der Waals surface area contributed by atoms with E-state index in [1.54, 1.807) is 18.2 Å². The first-order valence-corrected chi connectivity index (χ1v) is 12.8. The lowest BCUT2D eigenvalue weighted by molar-refractivity contribution is 0.0965. The van der Waals surface area contributed by atoms with E-state index in [1.807, 2.05) is 62.4 Å². The van der Waals surface area contributed by atoms with Crippen LogP contribution in [0.2, 0.25) is 0 Å². The highest BCUT2D eigenvalue weighted by Gasteiger charge is 2.30. The summed E-state index contributed by atoms with van der Waals surface area (Å²) in [4.78, 5) is 13.9. The minimum atomic E-state index is -0.551. The minimum absolute atomic E-state index is 0.00813. The summed E-state index contributed by atoms with van der Waals surface area (Å²) in [5, 5.41) is 13.6. The Kier molecular flexibility index (Phi) is 9.81. The maximum atomic E-state index is 13.9. The van der Waals surface area contributed by atoms with Crippen LogP contribution >= 0.6 is 0 Å². The number of nitrogens with zero attached hydrogens (tertiary/aromatic N) is 1. The third-order valence-corrected chi connectivity index (χ3v) is 6.23. The Labute approximate surface area is 219 Å². The number of carbonyl (C=O) groups is 1. The second-order valence-corrected chi connectivity index (χ2v) is 9.46. The molecule has 4 nitrogen and oxygen atoms in total. The predicted molar refractivity (Wildman–Crippen MR) is 151 cm³/mol. The van der Waals surface area contributed by atoms with E-state index < -0.39 is 6.10 Å². The molecule has 3 rings (SSSR count). The number of rotatable bonds is 11. The van der Waals surface area contributed by atoms with Crippen molar-refractivity contribution in [1.29, 1.82) is 0 Å². The van der Waals surface area contributed by atoms with E-state index in [0.29, 0.717) is 24.9 Å². The zero-order chi connectivity index (χ0) is 26.9. The van der Waals surface area contributed by atoms with E-state index in [0.717, 1.165) is 33.8 Å². The molecule has 0 spiro atoms. The number of amides is 1. The van der Waals surface area contributed by atoms with Crippen LogP contribution in [0.25, 0.3) is 22.4 Å². The molecular formula is C32H37FN2O2. The molecule has 0 fully saturated rings. The van der Waals surface area contributed by atoms with Crippen LogP contribution in [0.3, 0.4) is 0 Å². The molecule has 0 radical (unpaired) electrons. The van der Waals surface area contributed by atoms with Crippen LogP contribution in [0.15, 0.2) is 91.2 Å². The molecule has 1 unspecified atom stereocenters. The van der Waals surface area contributed by atoms with Gasteiger partial charge in [0.05, 0.1) is 17.4 Å². The summed E-state index contributed by atoms with van der Waals surface area (Å²) < 4.78 is 16.1. The van der Waals surface area contributed by atoms with Crippen molar-refractivity contribution in [2.75, 3.05) is 0 Å². The number of aliphatic hydroxyl groups is 1. The van der Waals surface area contributed by atoms with Crippen LogP contribution < -0.4 is 5.32 Å². The maximum Gasteiger partial charge on any atom is 0.257 e. The van der Waals surface area contributed by atoms with E-state index in [9.17, 15) is 14.3 Å². The zero-order valence-corrected chi connectivity index (χ0v) is 22.2. The molecule has 1 aromatic heterocycles. The van der Waals surface area contributed by atoms with Crippen molar-refractivity contribution in [2.45, 2.75) is 59.1 Å². The minimum Gasteiger partial charge on any atom is -0.393 e. The predicted octanol–water partition coefficient (Wildman–Crippen LogP) is 7.62. The topological polar surface area (TPSA) is 54.3 Å². The fraction of sp³-hybridized carbons (Fsp3) is 0.281. The van der Waals surface area contributed by atoms with Gasteiger partial charge >= 0.3 is 0 Å². The molecule has 0 saturated heterocycles. The van der Waals surface area contributed by atoms with Gasteiger partial charge in [0, 0.05) is 23.5 Å². The number of allylic oxidation sites excluding steroid dienone is 4. The molecule has 194 valence electrons. The van der Waals surface area contributed by atoms with Crippen molar-refractivity contribution in [3.8, 4) is 22.4 Å². The Balaban J connectivity index is 2.35. The van der Waals surface area contributed by atoms with E-state index in [-0.39, 0.29) is 17.6 Å². The number of benzene rings is 2. The second-order valence-electron chi connectivity index (χ2n) is 9.46. The monoisotopic (exact) mass is 500 g/mol. The van der Waals surface area contributed by atoms with Crippen LogP contribution in [0.1, 0.15) is 62.5 Å².